The second kappa shape index (κ2) is 9.50. The van der Waals surface area contributed by atoms with Gasteiger partial charge in [0.1, 0.15) is 15.7 Å². The molecule has 1 aromatic carbocycles. The van der Waals surface area contributed by atoms with Gasteiger partial charge in [-0.05, 0) is 44.7 Å². The number of carbonyl (C=O) groups is 2. The van der Waals surface area contributed by atoms with Gasteiger partial charge >= 0.3 is 0 Å². The number of likely N-dealkylation sites (tertiary alicyclic amines) is 3. The van der Waals surface area contributed by atoms with E-state index in [0.29, 0.717) is 28.0 Å². The lowest BCUT2D eigenvalue weighted by atomic mass is 10.1. The molecule has 0 aliphatic carbocycles. The van der Waals surface area contributed by atoms with Crippen LogP contribution in [0.4, 0.5) is 4.39 Å². The van der Waals surface area contributed by atoms with Gasteiger partial charge < -0.3 is 14.7 Å². The molecule has 33 heavy (non-hydrogen) atoms. The number of benzene rings is 1. The maximum atomic E-state index is 15.1. The van der Waals surface area contributed by atoms with Crippen molar-refractivity contribution in [2.75, 3.05) is 32.7 Å². The Hall–Kier alpha value is -2.32. The van der Waals surface area contributed by atoms with Crippen molar-refractivity contribution in [2.45, 2.75) is 57.5 Å². The number of quaternary nitrogens is 1. The molecule has 3 atom stereocenters. The number of hydrogen-bond acceptors (Lipinski definition) is 4. The summed E-state index contributed by atoms with van der Waals surface area (Å²) in [7, 11) is 0. The first-order chi connectivity index (χ1) is 16.0. The largest absolute Gasteiger partial charge is 0.338 e. The van der Waals surface area contributed by atoms with E-state index in [2.05, 4.69) is 11.9 Å². The normalized spacial score (nSPS) is 25.2. The van der Waals surface area contributed by atoms with Gasteiger partial charge in [-0.25, -0.2) is 9.37 Å². The van der Waals surface area contributed by atoms with Crippen LogP contribution in [0.3, 0.4) is 0 Å². The minimum absolute atomic E-state index is 0.00181. The van der Waals surface area contributed by atoms with Gasteiger partial charge in [-0.15, -0.1) is 11.3 Å². The zero-order valence-corrected chi connectivity index (χ0v) is 20.0. The van der Waals surface area contributed by atoms with Crippen LogP contribution >= 0.6 is 11.3 Å². The summed E-state index contributed by atoms with van der Waals surface area (Å²) in [5, 5.41) is 0.598. The molecule has 1 aromatic heterocycles. The molecule has 8 heteroatoms. The van der Waals surface area contributed by atoms with Crippen LogP contribution in [-0.2, 0) is 0 Å². The van der Waals surface area contributed by atoms with E-state index in [0.717, 1.165) is 45.3 Å². The molecule has 3 unspecified atom stereocenters. The number of nitrogens with zero attached hydrogens (tertiary/aromatic N) is 3. The number of nitrogens with one attached hydrogen (secondary N) is 1. The van der Waals surface area contributed by atoms with Gasteiger partial charge in [0.2, 0.25) is 0 Å². The van der Waals surface area contributed by atoms with Crippen LogP contribution in [0.5, 0.6) is 0 Å². The second-order valence-corrected chi connectivity index (χ2v) is 10.7. The molecule has 0 spiro atoms. The maximum Gasteiger partial charge on any atom is 0.265 e. The Kier molecular flexibility index (Phi) is 6.47. The van der Waals surface area contributed by atoms with E-state index in [4.69, 9.17) is 0 Å². The molecule has 3 aliphatic heterocycles. The lowest BCUT2D eigenvalue weighted by Gasteiger charge is -2.28. The summed E-state index contributed by atoms with van der Waals surface area (Å²) in [5.41, 5.74) is 0.725. The van der Waals surface area contributed by atoms with Gasteiger partial charge in [-0.3, -0.25) is 9.59 Å². The van der Waals surface area contributed by atoms with E-state index in [1.54, 1.807) is 23.2 Å². The number of rotatable bonds is 5. The smallest absolute Gasteiger partial charge is 0.265 e. The lowest BCUT2D eigenvalue weighted by molar-refractivity contribution is -0.912. The van der Waals surface area contributed by atoms with Crippen LogP contribution in [-0.4, -0.2) is 71.4 Å². The van der Waals surface area contributed by atoms with E-state index >= 15 is 4.39 Å². The monoisotopic (exact) mass is 471 g/mol. The fourth-order valence-corrected chi connectivity index (χ4v) is 6.45. The predicted octanol–water partition coefficient (Wildman–Crippen LogP) is 2.86. The zero-order valence-electron chi connectivity index (χ0n) is 19.2. The van der Waals surface area contributed by atoms with Gasteiger partial charge in [0.05, 0.1) is 36.9 Å². The Morgan fingerprint density at radius 2 is 1.94 bits per heavy atom. The molecule has 0 radical (unpaired) electrons. The highest BCUT2D eigenvalue weighted by atomic mass is 32.1. The van der Waals surface area contributed by atoms with Crippen molar-refractivity contribution in [3.05, 3.63) is 40.7 Å². The molecular formula is C25H32FN4O2S+. The summed E-state index contributed by atoms with van der Waals surface area (Å²) in [4.78, 5) is 36.1. The van der Waals surface area contributed by atoms with Crippen LogP contribution in [0.15, 0.2) is 24.4 Å². The van der Waals surface area contributed by atoms with Crippen LogP contribution < -0.4 is 4.90 Å². The van der Waals surface area contributed by atoms with Crippen LogP contribution in [0.2, 0.25) is 0 Å². The Bertz CT molecular complexity index is 1040. The van der Waals surface area contributed by atoms with Crippen LogP contribution in [0.25, 0.3) is 10.6 Å². The van der Waals surface area contributed by atoms with E-state index < -0.39 is 5.82 Å². The van der Waals surface area contributed by atoms with Gasteiger partial charge in [0, 0.05) is 38.0 Å². The van der Waals surface area contributed by atoms with Gasteiger partial charge in [-0.1, -0.05) is 6.07 Å². The summed E-state index contributed by atoms with van der Waals surface area (Å²) in [6.45, 7) is 6.67. The Morgan fingerprint density at radius 1 is 1.12 bits per heavy atom. The third-order valence-electron chi connectivity index (χ3n) is 7.52. The molecule has 0 bridgehead atoms. The fourth-order valence-electron chi connectivity index (χ4n) is 5.57. The average Bonchev–Trinajstić information content (AvgIpc) is 3.61. The SMILES string of the molecule is CC1CCC[NH+]1CC1CCCN1C(=O)c1ccc(-c2ncc(C(=O)N3CCCC3)s2)cc1F. The zero-order chi connectivity index (χ0) is 22.9. The van der Waals surface area contributed by atoms with E-state index in [-0.39, 0.29) is 23.4 Å². The van der Waals surface area contributed by atoms with E-state index in [1.165, 1.54) is 36.8 Å². The molecular weight excluding hydrogens is 439 g/mol. The lowest BCUT2D eigenvalue weighted by Crippen LogP contribution is -3.14. The minimum atomic E-state index is -0.521. The number of aromatic nitrogens is 1. The predicted molar refractivity (Wildman–Crippen MR) is 126 cm³/mol. The molecule has 3 saturated heterocycles. The first-order valence-corrected chi connectivity index (χ1v) is 13.0. The van der Waals surface area contributed by atoms with Crippen LogP contribution in [0.1, 0.15) is 65.5 Å². The Morgan fingerprint density at radius 3 is 2.67 bits per heavy atom. The standard InChI is InChI=1S/C25H31FN4O2S/c1-17-6-4-12-29(17)16-19-7-5-13-30(19)24(31)20-9-8-18(14-21(20)26)23-27-15-22(33-23)25(32)28-10-2-3-11-28/h8-9,14-15,17,19H,2-7,10-13,16H2,1H3/p+1. The minimum Gasteiger partial charge on any atom is -0.338 e. The average molecular weight is 472 g/mol. The summed E-state index contributed by atoms with van der Waals surface area (Å²) in [6, 6.07) is 5.54. The number of thiazole rings is 1. The highest BCUT2D eigenvalue weighted by Gasteiger charge is 2.36. The maximum absolute atomic E-state index is 15.1. The van der Waals surface area contributed by atoms with Crippen molar-refractivity contribution < 1.29 is 18.9 Å². The molecule has 4 heterocycles. The molecule has 2 aromatic rings. The quantitative estimate of drug-likeness (QED) is 0.730. The molecule has 176 valence electrons. The van der Waals surface area contributed by atoms with E-state index in [1.807, 2.05) is 9.80 Å². The number of amides is 2. The number of hydrogen-bond donors (Lipinski definition) is 1. The van der Waals surface area contributed by atoms with Crippen molar-refractivity contribution in [3.63, 3.8) is 0 Å². The second-order valence-electron chi connectivity index (χ2n) is 9.67. The third-order valence-corrected chi connectivity index (χ3v) is 8.56. The van der Waals surface area contributed by atoms with Crippen molar-refractivity contribution >= 4 is 23.2 Å². The Balaban J connectivity index is 1.29. The summed E-state index contributed by atoms with van der Waals surface area (Å²) < 4.78 is 15.1. The number of halogens is 1. The molecule has 6 nitrogen and oxygen atoms in total. The molecule has 1 N–H and O–H groups in total. The summed E-state index contributed by atoms with van der Waals surface area (Å²) in [6.07, 6.45) is 8.11. The highest BCUT2D eigenvalue weighted by molar-refractivity contribution is 7.16. The molecule has 2 amide bonds. The number of carbonyl (C=O) groups excluding carboxylic acids is 2. The summed E-state index contributed by atoms with van der Waals surface area (Å²) in [5.74, 6) is -0.734. The molecule has 3 fully saturated rings. The van der Waals surface area contributed by atoms with Crippen molar-refractivity contribution in [1.29, 1.82) is 0 Å². The molecule has 5 rings (SSSR count). The van der Waals surface area contributed by atoms with Crippen LogP contribution in [0, 0.1) is 5.82 Å². The van der Waals surface area contributed by atoms with Gasteiger partial charge in [-0.2, -0.15) is 0 Å². The fraction of sp³-hybridized carbons (Fsp3) is 0.560. The van der Waals surface area contributed by atoms with Crippen molar-refractivity contribution in [3.8, 4) is 10.6 Å². The molecule has 3 aliphatic rings. The first kappa shape index (κ1) is 22.5. The van der Waals surface area contributed by atoms with Gasteiger partial charge in [0.15, 0.2) is 0 Å². The topological polar surface area (TPSA) is 58.0 Å². The highest BCUT2D eigenvalue weighted by Crippen LogP contribution is 2.29. The third kappa shape index (κ3) is 4.55. The van der Waals surface area contributed by atoms with Crippen molar-refractivity contribution in [2.24, 2.45) is 0 Å². The van der Waals surface area contributed by atoms with Crippen molar-refractivity contribution in [1.82, 2.24) is 14.8 Å². The Labute approximate surface area is 198 Å². The van der Waals surface area contributed by atoms with Gasteiger partial charge in [0.25, 0.3) is 11.8 Å². The summed E-state index contributed by atoms with van der Waals surface area (Å²) >= 11 is 1.28. The first-order valence-electron chi connectivity index (χ1n) is 12.2. The molecule has 0 saturated carbocycles. The van der Waals surface area contributed by atoms with E-state index in [9.17, 15) is 9.59 Å².